The number of benzene rings is 1. The Morgan fingerprint density at radius 2 is 2.29 bits per heavy atom. The van der Waals surface area contributed by atoms with Crippen LogP contribution in [0.15, 0.2) is 35.1 Å². The van der Waals surface area contributed by atoms with Gasteiger partial charge in [-0.15, -0.1) is 0 Å². The van der Waals surface area contributed by atoms with Gasteiger partial charge >= 0.3 is 0 Å². The lowest BCUT2D eigenvalue weighted by molar-refractivity contribution is 0.204. The highest BCUT2D eigenvalue weighted by Gasteiger charge is 2.18. The number of imidazole rings is 1. The van der Waals surface area contributed by atoms with Crippen molar-refractivity contribution < 1.29 is 5.11 Å². The maximum absolute atomic E-state index is 10.3. The highest BCUT2D eigenvalue weighted by atomic mass is 79.9. The number of nitrogens with zero attached hydrogens (tertiary/aromatic N) is 2. The minimum Gasteiger partial charge on any atom is -0.380 e. The summed E-state index contributed by atoms with van der Waals surface area (Å²) in [5.74, 6) is 0.635. The van der Waals surface area contributed by atoms with Gasteiger partial charge in [0.25, 0.3) is 0 Å². The second-order valence-electron chi connectivity index (χ2n) is 3.64. The van der Waals surface area contributed by atoms with Crippen molar-refractivity contribution in [2.24, 2.45) is 0 Å². The van der Waals surface area contributed by atoms with Crippen LogP contribution < -0.4 is 0 Å². The average Bonchev–Trinajstić information content (AvgIpc) is 2.76. The second kappa shape index (κ2) is 5.21. The summed E-state index contributed by atoms with van der Waals surface area (Å²) in [6.07, 6.45) is 2.78. The molecule has 1 unspecified atom stereocenters. The van der Waals surface area contributed by atoms with Gasteiger partial charge in [-0.1, -0.05) is 33.6 Å². The van der Waals surface area contributed by atoms with Gasteiger partial charge in [-0.2, -0.15) is 0 Å². The van der Waals surface area contributed by atoms with Gasteiger partial charge < -0.3 is 9.67 Å². The molecule has 0 aliphatic heterocycles. The van der Waals surface area contributed by atoms with E-state index >= 15 is 0 Å². The average molecular weight is 316 g/mol. The molecule has 1 heterocycles. The van der Waals surface area contributed by atoms with Crippen LogP contribution in [0.5, 0.6) is 0 Å². The van der Waals surface area contributed by atoms with Gasteiger partial charge in [0, 0.05) is 34.0 Å². The number of hydrogen-bond acceptors (Lipinski definition) is 2. The Morgan fingerprint density at radius 3 is 2.94 bits per heavy atom. The van der Waals surface area contributed by atoms with Crippen molar-refractivity contribution in [3.05, 3.63) is 51.5 Å². The molecule has 90 valence electrons. The van der Waals surface area contributed by atoms with E-state index in [0.29, 0.717) is 10.8 Å². The highest BCUT2D eigenvalue weighted by molar-refractivity contribution is 9.10. The summed E-state index contributed by atoms with van der Waals surface area (Å²) in [6.45, 7) is 2.78. The lowest BCUT2D eigenvalue weighted by atomic mass is 10.1. The third-order valence-corrected chi connectivity index (χ3v) is 3.51. The Kier molecular flexibility index (Phi) is 3.86. The molecule has 0 aliphatic carbocycles. The van der Waals surface area contributed by atoms with Crippen LogP contribution in [-0.4, -0.2) is 14.7 Å². The summed E-state index contributed by atoms with van der Waals surface area (Å²) in [4.78, 5) is 4.19. The fraction of sp³-hybridized carbons (Fsp3) is 0.250. The fourth-order valence-corrected chi connectivity index (χ4v) is 2.60. The van der Waals surface area contributed by atoms with Gasteiger partial charge in [0.15, 0.2) is 0 Å². The van der Waals surface area contributed by atoms with E-state index in [0.717, 1.165) is 16.6 Å². The zero-order chi connectivity index (χ0) is 12.4. The van der Waals surface area contributed by atoms with E-state index in [1.165, 1.54) is 0 Å². The number of aliphatic hydroxyl groups is 1. The first-order chi connectivity index (χ1) is 8.13. The standard InChI is InChI=1S/C12H12BrClN2O/c1-2-16-6-5-15-12(16)11(17)9-4-3-8(14)7-10(9)13/h3-7,11,17H,2H2,1H3. The topological polar surface area (TPSA) is 38.0 Å². The van der Waals surface area contributed by atoms with Crippen LogP contribution >= 0.6 is 27.5 Å². The normalized spacial score (nSPS) is 12.7. The van der Waals surface area contributed by atoms with Crippen LogP contribution in [0.2, 0.25) is 5.02 Å². The van der Waals surface area contributed by atoms with E-state index in [1.54, 1.807) is 24.4 Å². The zero-order valence-corrected chi connectivity index (χ0v) is 11.6. The Labute approximate surface area is 113 Å². The number of aromatic nitrogens is 2. The molecule has 2 aromatic rings. The summed E-state index contributed by atoms with van der Waals surface area (Å²) in [5, 5.41) is 10.9. The van der Waals surface area contributed by atoms with Crippen molar-refractivity contribution in [1.29, 1.82) is 0 Å². The van der Waals surface area contributed by atoms with Crippen molar-refractivity contribution >= 4 is 27.5 Å². The quantitative estimate of drug-likeness (QED) is 0.942. The molecule has 0 saturated heterocycles. The van der Waals surface area contributed by atoms with E-state index in [2.05, 4.69) is 20.9 Å². The van der Waals surface area contributed by atoms with Crippen LogP contribution in [0, 0.1) is 0 Å². The van der Waals surface area contributed by atoms with Crippen molar-refractivity contribution in [2.45, 2.75) is 19.6 Å². The first-order valence-electron chi connectivity index (χ1n) is 5.27. The van der Waals surface area contributed by atoms with Gasteiger partial charge in [0.05, 0.1) is 0 Å². The predicted octanol–water partition coefficient (Wildman–Crippen LogP) is 3.40. The minimum absolute atomic E-state index is 0.631. The van der Waals surface area contributed by atoms with Crippen molar-refractivity contribution in [3.8, 4) is 0 Å². The van der Waals surface area contributed by atoms with Crippen molar-refractivity contribution in [2.75, 3.05) is 0 Å². The molecular weight excluding hydrogens is 304 g/mol. The lowest BCUT2D eigenvalue weighted by Crippen LogP contribution is -2.09. The fourth-order valence-electron chi connectivity index (χ4n) is 1.70. The molecule has 0 fully saturated rings. The Hall–Kier alpha value is -0.840. The number of aryl methyl sites for hydroxylation is 1. The molecular formula is C12H12BrClN2O. The van der Waals surface area contributed by atoms with Gasteiger partial charge in [0.1, 0.15) is 11.9 Å². The molecule has 1 aromatic carbocycles. The zero-order valence-electron chi connectivity index (χ0n) is 9.27. The van der Waals surface area contributed by atoms with E-state index in [1.807, 2.05) is 17.7 Å². The lowest BCUT2D eigenvalue weighted by Gasteiger charge is -2.14. The summed E-state index contributed by atoms with van der Waals surface area (Å²) >= 11 is 9.27. The molecule has 0 amide bonds. The number of rotatable bonds is 3. The number of aliphatic hydroxyl groups excluding tert-OH is 1. The van der Waals surface area contributed by atoms with Crippen LogP contribution in [-0.2, 0) is 6.54 Å². The van der Waals surface area contributed by atoms with Gasteiger partial charge in [-0.05, 0) is 19.1 Å². The molecule has 5 heteroatoms. The first kappa shape index (κ1) is 12.6. The monoisotopic (exact) mass is 314 g/mol. The summed E-state index contributed by atoms with van der Waals surface area (Å²) in [7, 11) is 0. The molecule has 0 spiro atoms. The molecule has 0 aliphatic rings. The highest BCUT2D eigenvalue weighted by Crippen LogP contribution is 2.29. The minimum atomic E-state index is -0.753. The van der Waals surface area contributed by atoms with Gasteiger partial charge in [0.2, 0.25) is 0 Å². The molecule has 0 bridgehead atoms. The smallest absolute Gasteiger partial charge is 0.142 e. The molecule has 0 saturated carbocycles. The Morgan fingerprint density at radius 1 is 1.53 bits per heavy atom. The number of halogens is 2. The van der Waals surface area contributed by atoms with Crippen LogP contribution in [0.4, 0.5) is 0 Å². The molecule has 1 atom stereocenters. The maximum Gasteiger partial charge on any atom is 0.142 e. The van der Waals surface area contributed by atoms with Gasteiger partial charge in [-0.25, -0.2) is 4.98 Å². The van der Waals surface area contributed by atoms with E-state index in [9.17, 15) is 5.11 Å². The third-order valence-electron chi connectivity index (χ3n) is 2.59. The predicted molar refractivity (Wildman–Crippen MR) is 71.1 cm³/mol. The van der Waals surface area contributed by atoms with Gasteiger partial charge in [-0.3, -0.25) is 0 Å². The molecule has 0 radical (unpaired) electrons. The van der Waals surface area contributed by atoms with Crippen LogP contribution in [0.25, 0.3) is 0 Å². The van der Waals surface area contributed by atoms with Crippen molar-refractivity contribution in [3.63, 3.8) is 0 Å². The van der Waals surface area contributed by atoms with Crippen molar-refractivity contribution in [1.82, 2.24) is 9.55 Å². The largest absolute Gasteiger partial charge is 0.380 e. The van der Waals surface area contributed by atoms with Crippen LogP contribution in [0.3, 0.4) is 0 Å². The first-order valence-corrected chi connectivity index (χ1v) is 6.44. The maximum atomic E-state index is 10.3. The molecule has 1 aromatic heterocycles. The Bertz CT molecular complexity index is 527. The molecule has 3 nitrogen and oxygen atoms in total. The van der Waals surface area contributed by atoms with E-state index in [4.69, 9.17) is 11.6 Å². The summed E-state index contributed by atoms with van der Waals surface area (Å²) in [5.41, 5.74) is 0.760. The summed E-state index contributed by atoms with van der Waals surface area (Å²) < 4.78 is 2.69. The third kappa shape index (κ3) is 2.54. The van der Waals surface area contributed by atoms with E-state index in [-0.39, 0.29) is 0 Å². The second-order valence-corrected chi connectivity index (χ2v) is 4.93. The van der Waals surface area contributed by atoms with E-state index < -0.39 is 6.10 Å². The SMILES string of the molecule is CCn1ccnc1C(O)c1ccc(Cl)cc1Br. The summed E-state index contributed by atoms with van der Waals surface area (Å²) in [6, 6.07) is 5.31. The Balaban J connectivity index is 2.40. The molecule has 17 heavy (non-hydrogen) atoms. The van der Waals surface area contributed by atoms with Crippen LogP contribution in [0.1, 0.15) is 24.4 Å². The number of hydrogen-bond donors (Lipinski definition) is 1. The molecule has 1 N–H and O–H groups in total. The molecule has 2 rings (SSSR count).